The fourth-order valence-corrected chi connectivity index (χ4v) is 3.43. The van der Waals surface area contributed by atoms with Gasteiger partial charge in [-0.25, -0.2) is 0 Å². The molecule has 0 bridgehead atoms. The Balaban J connectivity index is 2.10. The number of tetrazole rings is 1. The highest BCUT2D eigenvalue weighted by molar-refractivity contribution is 6.16. The van der Waals surface area contributed by atoms with E-state index in [-0.39, 0.29) is 5.88 Å². The van der Waals surface area contributed by atoms with Crippen LogP contribution in [0.5, 0.6) is 0 Å². The minimum absolute atomic E-state index is 0.217. The second-order valence-corrected chi connectivity index (χ2v) is 6.20. The second kappa shape index (κ2) is 7.10. The van der Waals surface area contributed by atoms with Gasteiger partial charge in [0.2, 0.25) is 0 Å². The lowest BCUT2D eigenvalue weighted by Gasteiger charge is -2.34. The van der Waals surface area contributed by atoms with Crippen molar-refractivity contribution in [2.75, 3.05) is 0 Å². The largest absolute Gasteiger partial charge is 0.189 e. The molecule has 0 unspecified atom stereocenters. The van der Waals surface area contributed by atoms with Crippen LogP contribution in [0.3, 0.4) is 0 Å². The van der Waals surface area contributed by atoms with Crippen LogP contribution in [0.4, 0.5) is 0 Å². The first kappa shape index (κ1) is 16.5. The van der Waals surface area contributed by atoms with Crippen LogP contribution < -0.4 is 0 Å². The zero-order valence-electron chi connectivity index (χ0n) is 14.0. The average molecular weight is 361 g/mol. The van der Waals surface area contributed by atoms with Gasteiger partial charge in [-0.15, -0.1) is 26.6 Å². The van der Waals surface area contributed by atoms with Crippen molar-refractivity contribution >= 4 is 11.6 Å². The molecule has 0 spiro atoms. The minimum atomic E-state index is -0.735. The number of hydrogen-bond donors (Lipinski definition) is 0. The molecule has 0 N–H and O–H groups in total. The monoisotopic (exact) mass is 360 g/mol. The summed E-state index contributed by atoms with van der Waals surface area (Å²) in [6.45, 7) is 0. The van der Waals surface area contributed by atoms with Gasteiger partial charge < -0.3 is 0 Å². The molecular formula is C21H17ClN4. The van der Waals surface area contributed by atoms with Gasteiger partial charge in [0.15, 0.2) is 11.4 Å². The smallest absolute Gasteiger partial charge is 0.144 e. The Labute approximate surface area is 157 Å². The molecule has 0 radical (unpaired) electrons. The minimum Gasteiger partial charge on any atom is -0.144 e. The lowest BCUT2D eigenvalue weighted by molar-refractivity contribution is 0.394. The Morgan fingerprint density at radius 1 is 0.692 bits per heavy atom. The average Bonchev–Trinajstić information content (AvgIpc) is 3.21. The summed E-state index contributed by atoms with van der Waals surface area (Å²) < 4.78 is 0. The Hall–Kier alpha value is -2.98. The van der Waals surface area contributed by atoms with Crippen LogP contribution in [0.15, 0.2) is 91.0 Å². The molecule has 3 aromatic carbocycles. The van der Waals surface area contributed by atoms with Gasteiger partial charge in [0, 0.05) is 0 Å². The Bertz CT molecular complexity index is 872. The topological polar surface area (TPSA) is 43.6 Å². The molecule has 4 rings (SSSR count). The maximum atomic E-state index is 5.95. The van der Waals surface area contributed by atoms with Crippen LogP contribution in [0.2, 0.25) is 0 Å². The Morgan fingerprint density at radius 3 is 1.46 bits per heavy atom. The highest BCUT2D eigenvalue weighted by atomic mass is 35.5. The summed E-state index contributed by atoms with van der Waals surface area (Å²) in [7, 11) is 0. The fourth-order valence-electron chi connectivity index (χ4n) is 3.32. The molecule has 0 saturated carbocycles. The molecule has 5 heteroatoms. The van der Waals surface area contributed by atoms with Crippen molar-refractivity contribution in [2.24, 2.45) is 0 Å². The fraction of sp³-hybridized carbons (Fsp3) is 0.0952. The van der Waals surface area contributed by atoms with Crippen LogP contribution in [-0.4, -0.2) is 20.2 Å². The lowest BCUT2D eigenvalue weighted by atomic mass is 9.77. The summed E-state index contributed by atoms with van der Waals surface area (Å²) in [5, 5.41) is 13.1. The highest BCUT2D eigenvalue weighted by Gasteiger charge is 2.41. The summed E-state index contributed by atoms with van der Waals surface area (Å²) in [4.78, 5) is 1.67. The first-order chi connectivity index (χ1) is 12.9. The number of rotatable bonds is 5. The quantitative estimate of drug-likeness (QED) is 0.394. The molecule has 4 nitrogen and oxygen atoms in total. The predicted octanol–water partition coefficient (Wildman–Crippen LogP) is 4.25. The van der Waals surface area contributed by atoms with Gasteiger partial charge in [0.05, 0.1) is 5.88 Å². The number of nitrogens with zero attached hydrogens (tertiary/aromatic N) is 4. The summed E-state index contributed by atoms with van der Waals surface area (Å²) >= 11 is 5.95. The molecule has 26 heavy (non-hydrogen) atoms. The van der Waals surface area contributed by atoms with Gasteiger partial charge in [-0.3, -0.25) is 0 Å². The normalized spacial score (nSPS) is 11.4. The van der Waals surface area contributed by atoms with Gasteiger partial charge in [-0.05, 0) is 21.9 Å². The third kappa shape index (κ3) is 2.68. The first-order valence-electron chi connectivity index (χ1n) is 8.37. The van der Waals surface area contributed by atoms with E-state index in [4.69, 9.17) is 11.6 Å². The van der Waals surface area contributed by atoms with Crippen molar-refractivity contribution < 1.29 is 0 Å². The molecule has 128 valence electrons. The van der Waals surface area contributed by atoms with Crippen molar-refractivity contribution in [1.29, 1.82) is 0 Å². The maximum absolute atomic E-state index is 5.95. The molecule has 0 amide bonds. The van der Waals surface area contributed by atoms with E-state index < -0.39 is 5.54 Å². The SMILES string of the molecule is ClCc1nnn(C(c2ccccc2)(c2ccccc2)c2ccccc2)n1. The molecular weight excluding hydrogens is 344 g/mol. The molecule has 4 aromatic rings. The standard InChI is InChI=1S/C21H17ClN4/c22-16-20-23-25-26(24-20)21(17-10-4-1-5-11-17,18-12-6-2-7-13-18)19-14-8-3-9-15-19/h1-15H,16H2. The maximum Gasteiger partial charge on any atom is 0.189 e. The zero-order valence-corrected chi connectivity index (χ0v) is 14.8. The highest BCUT2D eigenvalue weighted by Crippen LogP contribution is 2.39. The zero-order chi connectivity index (χ0) is 17.8. The van der Waals surface area contributed by atoms with Crippen molar-refractivity contribution in [3.8, 4) is 0 Å². The van der Waals surface area contributed by atoms with E-state index in [1.54, 1.807) is 4.80 Å². The molecule has 1 aromatic heterocycles. The van der Waals surface area contributed by atoms with Crippen LogP contribution in [-0.2, 0) is 11.4 Å². The van der Waals surface area contributed by atoms with Crippen LogP contribution >= 0.6 is 11.6 Å². The van der Waals surface area contributed by atoms with Crippen molar-refractivity contribution in [3.63, 3.8) is 0 Å². The van der Waals surface area contributed by atoms with Crippen molar-refractivity contribution in [2.45, 2.75) is 11.4 Å². The Morgan fingerprint density at radius 2 is 1.12 bits per heavy atom. The van der Waals surface area contributed by atoms with Gasteiger partial charge in [-0.1, -0.05) is 91.0 Å². The predicted molar refractivity (Wildman–Crippen MR) is 102 cm³/mol. The van der Waals surface area contributed by atoms with Gasteiger partial charge >= 0.3 is 0 Å². The summed E-state index contributed by atoms with van der Waals surface area (Å²) in [6.07, 6.45) is 0. The van der Waals surface area contributed by atoms with E-state index in [1.165, 1.54) is 0 Å². The third-order valence-corrected chi connectivity index (χ3v) is 4.69. The van der Waals surface area contributed by atoms with Crippen LogP contribution in [0.25, 0.3) is 0 Å². The molecule has 0 aliphatic carbocycles. The molecule has 0 aliphatic heterocycles. The van der Waals surface area contributed by atoms with Gasteiger partial charge in [0.25, 0.3) is 0 Å². The number of benzene rings is 3. The molecule has 0 fully saturated rings. The van der Waals surface area contributed by atoms with E-state index in [1.807, 2.05) is 54.6 Å². The molecule has 1 heterocycles. The van der Waals surface area contributed by atoms with Crippen LogP contribution in [0.1, 0.15) is 22.5 Å². The summed E-state index contributed by atoms with van der Waals surface area (Å²) in [5.41, 5.74) is 2.42. The van der Waals surface area contributed by atoms with E-state index >= 15 is 0 Å². The van der Waals surface area contributed by atoms with Crippen molar-refractivity contribution in [1.82, 2.24) is 20.2 Å². The first-order valence-corrected chi connectivity index (χ1v) is 8.91. The van der Waals surface area contributed by atoms with Crippen molar-refractivity contribution in [3.05, 3.63) is 114 Å². The number of halogens is 1. The number of hydrogen-bond acceptors (Lipinski definition) is 3. The molecule has 0 atom stereocenters. The second-order valence-electron chi connectivity index (χ2n) is 5.94. The van der Waals surface area contributed by atoms with E-state index in [0.29, 0.717) is 5.82 Å². The summed E-state index contributed by atoms with van der Waals surface area (Å²) in [6, 6.07) is 30.7. The Kier molecular flexibility index (Phi) is 4.50. The third-order valence-electron chi connectivity index (χ3n) is 4.45. The number of aromatic nitrogens is 4. The molecule has 0 aliphatic rings. The number of alkyl halides is 1. The molecule has 0 saturated heterocycles. The van der Waals surface area contributed by atoms with E-state index in [0.717, 1.165) is 16.7 Å². The summed E-state index contributed by atoms with van der Waals surface area (Å²) in [5.74, 6) is 0.716. The van der Waals surface area contributed by atoms with E-state index in [2.05, 4.69) is 51.8 Å². The lowest BCUT2D eigenvalue weighted by Crippen LogP contribution is -2.39. The van der Waals surface area contributed by atoms with Crippen LogP contribution in [0, 0.1) is 0 Å². The van der Waals surface area contributed by atoms with Gasteiger partial charge in [0.1, 0.15) is 0 Å². The van der Waals surface area contributed by atoms with Gasteiger partial charge in [-0.2, -0.15) is 0 Å². The van der Waals surface area contributed by atoms with E-state index in [9.17, 15) is 0 Å².